The molecule has 4 aromatic rings. The van der Waals surface area contributed by atoms with E-state index in [1.165, 1.54) is 5.56 Å². The van der Waals surface area contributed by atoms with E-state index >= 15 is 0 Å². The van der Waals surface area contributed by atoms with E-state index in [-0.39, 0.29) is 0 Å². The SMILES string of the molecule is S=c1sc2c(N3CCN(C/C=C/c4ccccc4)CC3)ncnc2n1-c1ccccc1. The van der Waals surface area contributed by atoms with Crippen molar-refractivity contribution in [1.82, 2.24) is 19.4 Å². The Morgan fingerprint density at radius 1 is 0.903 bits per heavy atom. The van der Waals surface area contributed by atoms with Gasteiger partial charge in [0.25, 0.3) is 0 Å². The maximum absolute atomic E-state index is 5.68. The topological polar surface area (TPSA) is 37.2 Å². The molecule has 2 aromatic heterocycles. The molecule has 31 heavy (non-hydrogen) atoms. The number of piperazine rings is 1. The first-order valence-corrected chi connectivity index (χ1v) is 11.6. The molecule has 0 bridgehead atoms. The van der Waals surface area contributed by atoms with E-state index in [9.17, 15) is 0 Å². The molecule has 0 saturated carbocycles. The first-order valence-electron chi connectivity index (χ1n) is 10.4. The molecule has 7 heteroatoms. The maximum atomic E-state index is 5.68. The molecular formula is C24H23N5S2. The molecule has 2 aromatic carbocycles. The Kier molecular flexibility index (Phi) is 5.88. The number of anilines is 1. The number of thiazole rings is 1. The summed E-state index contributed by atoms with van der Waals surface area (Å²) < 4.78 is 3.91. The second-order valence-electron chi connectivity index (χ2n) is 7.49. The monoisotopic (exact) mass is 445 g/mol. The van der Waals surface area contributed by atoms with Gasteiger partial charge in [-0.2, -0.15) is 0 Å². The summed E-state index contributed by atoms with van der Waals surface area (Å²) in [5.41, 5.74) is 3.17. The van der Waals surface area contributed by atoms with Crippen molar-refractivity contribution in [2.24, 2.45) is 0 Å². The van der Waals surface area contributed by atoms with Gasteiger partial charge in [-0.3, -0.25) is 9.47 Å². The van der Waals surface area contributed by atoms with Gasteiger partial charge < -0.3 is 4.90 Å². The summed E-state index contributed by atoms with van der Waals surface area (Å²) in [5, 5.41) is 0. The number of nitrogens with zero attached hydrogens (tertiary/aromatic N) is 5. The number of para-hydroxylation sites is 1. The normalized spacial score (nSPS) is 15.2. The van der Waals surface area contributed by atoms with Crippen molar-refractivity contribution in [2.45, 2.75) is 0 Å². The summed E-state index contributed by atoms with van der Waals surface area (Å²) in [4.78, 5) is 14.0. The van der Waals surface area contributed by atoms with E-state index in [0.29, 0.717) is 0 Å². The van der Waals surface area contributed by atoms with Crippen molar-refractivity contribution in [1.29, 1.82) is 0 Å². The van der Waals surface area contributed by atoms with Crippen molar-refractivity contribution in [2.75, 3.05) is 37.6 Å². The molecule has 0 atom stereocenters. The van der Waals surface area contributed by atoms with Crippen LogP contribution in [-0.2, 0) is 0 Å². The highest BCUT2D eigenvalue weighted by Gasteiger charge is 2.21. The van der Waals surface area contributed by atoms with Gasteiger partial charge in [-0.1, -0.05) is 72.0 Å². The van der Waals surface area contributed by atoms with Crippen LogP contribution in [0.25, 0.3) is 22.1 Å². The van der Waals surface area contributed by atoms with Crippen LogP contribution in [0.1, 0.15) is 5.56 Å². The van der Waals surface area contributed by atoms with Crippen LogP contribution >= 0.6 is 23.6 Å². The summed E-state index contributed by atoms with van der Waals surface area (Å²) in [6.45, 7) is 4.87. The van der Waals surface area contributed by atoms with Crippen molar-refractivity contribution < 1.29 is 0 Å². The van der Waals surface area contributed by atoms with Crippen LogP contribution in [0, 0.1) is 3.95 Å². The predicted octanol–water partition coefficient (Wildman–Crippen LogP) is 5.05. The summed E-state index contributed by atoms with van der Waals surface area (Å²) in [6, 6.07) is 20.6. The van der Waals surface area contributed by atoms with Crippen molar-refractivity contribution in [3.63, 3.8) is 0 Å². The van der Waals surface area contributed by atoms with Gasteiger partial charge in [-0.05, 0) is 29.9 Å². The molecule has 1 aliphatic heterocycles. The fourth-order valence-corrected chi connectivity index (χ4v) is 5.31. The first-order chi connectivity index (χ1) is 15.3. The van der Waals surface area contributed by atoms with E-state index in [1.807, 2.05) is 28.8 Å². The molecule has 0 N–H and O–H groups in total. The van der Waals surface area contributed by atoms with Gasteiger partial charge in [0.05, 0.1) is 0 Å². The Bertz CT molecular complexity index is 1240. The van der Waals surface area contributed by atoms with Crippen LogP contribution in [0.2, 0.25) is 0 Å². The molecule has 156 valence electrons. The van der Waals surface area contributed by atoms with Crippen LogP contribution in [0.4, 0.5) is 5.82 Å². The number of aromatic nitrogens is 3. The molecule has 1 saturated heterocycles. The largest absolute Gasteiger partial charge is 0.353 e. The second-order valence-corrected chi connectivity index (χ2v) is 9.13. The first kappa shape index (κ1) is 20.1. The highest BCUT2D eigenvalue weighted by atomic mass is 32.1. The van der Waals surface area contributed by atoms with Gasteiger partial charge in [0.2, 0.25) is 0 Å². The Labute approximate surface area is 190 Å². The van der Waals surface area contributed by atoms with Gasteiger partial charge in [-0.15, -0.1) is 0 Å². The third-order valence-corrected chi connectivity index (χ3v) is 6.87. The lowest BCUT2D eigenvalue weighted by atomic mass is 10.2. The zero-order chi connectivity index (χ0) is 21.0. The van der Waals surface area contributed by atoms with Crippen LogP contribution in [-0.4, -0.2) is 52.2 Å². The van der Waals surface area contributed by atoms with Crippen molar-refractivity contribution in [3.05, 3.63) is 82.6 Å². The van der Waals surface area contributed by atoms with E-state index in [1.54, 1.807) is 17.7 Å². The average Bonchev–Trinajstić information content (AvgIpc) is 3.17. The van der Waals surface area contributed by atoms with E-state index < -0.39 is 0 Å². The lowest BCUT2D eigenvalue weighted by Crippen LogP contribution is -2.46. The van der Waals surface area contributed by atoms with Crippen LogP contribution in [0.3, 0.4) is 0 Å². The van der Waals surface area contributed by atoms with Crippen LogP contribution in [0.15, 0.2) is 73.1 Å². The van der Waals surface area contributed by atoms with E-state index in [4.69, 9.17) is 12.2 Å². The molecular weight excluding hydrogens is 422 g/mol. The lowest BCUT2D eigenvalue weighted by Gasteiger charge is -2.34. The molecule has 1 aliphatic rings. The van der Waals surface area contributed by atoms with Crippen molar-refractivity contribution >= 4 is 45.8 Å². The molecule has 0 amide bonds. The van der Waals surface area contributed by atoms with Gasteiger partial charge in [0.15, 0.2) is 15.4 Å². The number of hydrogen-bond donors (Lipinski definition) is 0. The number of rotatable bonds is 5. The fourth-order valence-electron chi connectivity index (χ4n) is 3.90. The fraction of sp³-hybridized carbons (Fsp3) is 0.208. The average molecular weight is 446 g/mol. The van der Waals surface area contributed by atoms with Crippen molar-refractivity contribution in [3.8, 4) is 5.69 Å². The highest BCUT2D eigenvalue weighted by Crippen LogP contribution is 2.32. The smallest absolute Gasteiger partial charge is 0.168 e. The molecule has 5 rings (SSSR count). The zero-order valence-electron chi connectivity index (χ0n) is 17.1. The minimum Gasteiger partial charge on any atom is -0.353 e. The van der Waals surface area contributed by atoms with Gasteiger partial charge in [0, 0.05) is 38.4 Å². The summed E-state index contributed by atoms with van der Waals surface area (Å²) >= 11 is 7.27. The number of hydrogen-bond acceptors (Lipinski definition) is 6. The van der Waals surface area contributed by atoms with Crippen LogP contribution < -0.4 is 4.90 Å². The number of benzene rings is 2. The van der Waals surface area contributed by atoms with E-state index in [2.05, 4.69) is 68.3 Å². The minimum atomic E-state index is 0.799. The molecule has 3 heterocycles. The molecule has 1 fully saturated rings. The highest BCUT2D eigenvalue weighted by molar-refractivity contribution is 7.73. The molecule has 0 spiro atoms. The van der Waals surface area contributed by atoms with Gasteiger partial charge >= 0.3 is 0 Å². The van der Waals surface area contributed by atoms with Gasteiger partial charge in [0.1, 0.15) is 11.0 Å². The Morgan fingerprint density at radius 2 is 1.61 bits per heavy atom. The summed E-state index contributed by atoms with van der Waals surface area (Å²) in [7, 11) is 0. The molecule has 0 radical (unpaired) electrons. The second kappa shape index (κ2) is 9.09. The lowest BCUT2D eigenvalue weighted by molar-refractivity contribution is 0.284. The predicted molar refractivity (Wildman–Crippen MR) is 132 cm³/mol. The zero-order valence-corrected chi connectivity index (χ0v) is 18.7. The minimum absolute atomic E-state index is 0.799. The standard InChI is InChI=1S/C24H23N5S2/c30-24-29(20-11-5-2-6-12-20)23-21(31-24)22(25-18-26-23)28-16-14-27(15-17-28)13-7-10-19-8-3-1-4-9-19/h1-12,18H,13-17H2/b10-7+. The number of fused-ring (bicyclic) bond motifs is 1. The molecule has 0 unspecified atom stereocenters. The molecule has 5 nitrogen and oxygen atoms in total. The summed E-state index contributed by atoms with van der Waals surface area (Å²) in [6.07, 6.45) is 6.10. The third-order valence-electron chi connectivity index (χ3n) is 5.51. The summed E-state index contributed by atoms with van der Waals surface area (Å²) in [5.74, 6) is 0.996. The quantitative estimate of drug-likeness (QED) is 0.402. The maximum Gasteiger partial charge on any atom is 0.168 e. The van der Waals surface area contributed by atoms with Gasteiger partial charge in [-0.25, -0.2) is 9.97 Å². The Morgan fingerprint density at radius 3 is 2.35 bits per heavy atom. The third kappa shape index (κ3) is 4.30. The van der Waals surface area contributed by atoms with E-state index in [0.717, 1.165) is 58.5 Å². The van der Waals surface area contributed by atoms with Crippen LogP contribution in [0.5, 0.6) is 0 Å². The molecule has 0 aliphatic carbocycles. The Hall–Kier alpha value is -2.87. The Balaban J connectivity index is 1.31.